The summed E-state index contributed by atoms with van der Waals surface area (Å²) < 4.78 is 18.2. The predicted octanol–water partition coefficient (Wildman–Crippen LogP) is 3.02. The lowest BCUT2D eigenvalue weighted by Gasteiger charge is -2.07. The summed E-state index contributed by atoms with van der Waals surface area (Å²) in [6.07, 6.45) is 2.04. The van der Waals surface area contributed by atoms with Crippen LogP contribution in [0.25, 0.3) is 0 Å². The van der Waals surface area contributed by atoms with Crippen LogP contribution >= 0.6 is 0 Å². The minimum Gasteiger partial charge on any atom is -0.380 e. The van der Waals surface area contributed by atoms with Crippen LogP contribution in [0.3, 0.4) is 0 Å². The Morgan fingerprint density at radius 2 is 1.83 bits per heavy atom. The Bertz CT molecular complexity index is 311. The van der Waals surface area contributed by atoms with Gasteiger partial charge in [0.25, 0.3) is 0 Å². The van der Waals surface area contributed by atoms with E-state index in [1.54, 1.807) is 0 Å². The zero-order chi connectivity index (χ0) is 13.2. The molecular weight excluding hydrogens is 229 g/mol. The molecule has 102 valence electrons. The standard InChI is InChI=1S/C15H24FNO/c1-13(2)8-11-18-12-10-17-9-7-14-3-5-15(16)6-4-14/h3-6,13,17H,7-12H2,1-2H3. The van der Waals surface area contributed by atoms with Gasteiger partial charge in [0.1, 0.15) is 5.82 Å². The van der Waals surface area contributed by atoms with Crippen LogP contribution in [0.4, 0.5) is 4.39 Å². The maximum absolute atomic E-state index is 12.7. The molecule has 0 aliphatic rings. The Morgan fingerprint density at radius 1 is 1.11 bits per heavy atom. The SMILES string of the molecule is CC(C)CCOCCNCCc1ccc(F)cc1. The van der Waals surface area contributed by atoms with E-state index in [2.05, 4.69) is 19.2 Å². The van der Waals surface area contributed by atoms with E-state index in [1.807, 2.05) is 12.1 Å². The molecule has 0 spiro atoms. The monoisotopic (exact) mass is 253 g/mol. The van der Waals surface area contributed by atoms with Crippen LogP contribution in [0.5, 0.6) is 0 Å². The molecule has 2 nitrogen and oxygen atoms in total. The Balaban J connectivity index is 1.94. The van der Waals surface area contributed by atoms with Gasteiger partial charge < -0.3 is 10.1 Å². The Labute approximate surface area is 110 Å². The van der Waals surface area contributed by atoms with Gasteiger partial charge in [-0.1, -0.05) is 26.0 Å². The second kappa shape index (κ2) is 9.06. The second-order valence-electron chi connectivity index (χ2n) is 4.92. The van der Waals surface area contributed by atoms with Gasteiger partial charge in [0, 0.05) is 13.2 Å². The fourth-order valence-corrected chi connectivity index (χ4v) is 1.57. The predicted molar refractivity (Wildman–Crippen MR) is 73.2 cm³/mol. The largest absolute Gasteiger partial charge is 0.380 e. The number of rotatable bonds is 9. The first kappa shape index (κ1) is 15.1. The van der Waals surface area contributed by atoms with E-state index in [9.17, 15) is 4.39 Å². The first-order valence-corrected chi connectivity index (χ1v) is 6.71. The third-order valence-electron chi connectivity index (χ3n) is 2.77. The summed E-state index contributed by atoms with van der Waals surface area (Å²) in [5.74, 6) is 0.529. The van der Waals surface area contributed by atoms with Gasteiger partial charge in [0.15, 0.2) is 0 Å². The van der Waals surface area contributed by atoms with Crippen molar-refractivity contribution >= 4 is 0 Å². The van der Waals surface area contributed by atoms with Gasteiger partial charge in [0.05, 0.1) is 6.61 Å². The van der Waals surface area contributed by atoms with Crippen molar-refractivity contribution in [2.75, 3.05) is 26.3 Å². The van der Waals surface area contributed by atoms with Crippen molar-refractivity contribution in [1.82, 2.24) is 5.32 Å². The smallest absolute Gasteiger partial charge is 0.123 e. The average molecular weight is 253 g/mol. The molecule has 0 aromatic heterocycles. The van der Waals surface area contributed by atoms with Crippen LogP contribution in [0.15, 0.2) is 24.3 Å². The van der Waals surface area contributed by atoms with Crippen molar-refractivity contribution in [3.05, 3.63) is 35.6 Å². The maximum atomic E-state index is 12.7. The summed E-state index contributed by atoms with van der Waals surface area (Å²) in [7, 11) is 0. The Hall–Kier alpha value is -0.930. The molecule has 0 amide bonds. The summed E-state index contributed by atoms with van der Waals surface area (Å²) in [6, 6.07) is 6.67. The van der Waals surface area contributed by atoms with Gasteiger partial charge in [-0.15, -0.1) is 0 Å². The highest BCUT2D eigenvalue weighted by Gasteiger charge is 1.95. The second-order valence-corrected chi connectivity index (χ2v) is 4.92. The van der Waals surface area contributed by atoms with E-state index >= 15 is 0 Å². The van der Waals surface area contributed by atoms with Crippen LogP contribution in [0, 0.1) is 11.7 Å². The molecule has 0 bridgehead atoms. The van der Waals surface area contributed by atoms with Crippen molar-refractivity contribution in [3.63, 3.8) is 0 Å². The molecule has 0 fully saturated rings. The Morgan fingerprint density at radius 3 is 2.50 bits per heavy atom. The number of ether oxygens (including phenoxy) is 1. The highest BCUT2D eigenvalue weighted by molar-refractivity contribution is 5.16. The molecule has 18 heavy (non-hydrogen) atoms. The normalized spacial score (nSPS) is 11.1. The zero-order valence-corrected chi connectivity index (χ0v) is 11.4. The molecule has 0 saturated carbocycles. The number of hydrogen-bond donors (Lipinski definition) is 1. The van der Waals surface area contributed by atoms with E-state index in [1.165, 1.54) is 12.1 Å². The van der Waals surface area contributed by atoms with E-state index in [4.69, 9.17) is 4.74 Å². The van der Waals surface area contributed by atoms with Crippen molar-refractivity contribution in [3.8, 4) is 0 Å². The van der Waals surface area contributed by atoms with Gasteiger partial charge in [0.2, 0.25) is 0 Å². The molecular formula is C15H24FNO. The lowest BCUT2D eigenvalue weighted by molar-refractivity contribution is 0.125. The summed E-state index contributed by atoms with van der Waals surface area (Å²) >= 11 is 0. The van der Waals surface area contributed by atoms with Crippen molar-refractivity contribution in [2.24, 2.45) is 5.92 Å². The molecule has 1 aromatic carbocycles. The number of halogens is 1. The minimum atomic E-state index is -0.176. The molecule has 0 heterocycles. The Kier molecular flexibility index (Phi) is 7.62. The van der Waals surface area contributed by atoms with Crippen molar-refractivity contribution in [2.45, 2.75) is 26.7 Å². The number of hydrogen-bond acceptors (Lipinski definition) is 2. The third kappa shape index (κ3) is 7.41. The average Bonchev–Trinajstić information content (AvgIpc) is 2.34. The quantitative estimate of drug-likeness (QED) is 0.683. The minimum absolute atomic E-state index is 0.176. The summed E-state index contributed by atoms with van der Waals surface area (Å²) in [6.45, 7) is 7.78. The summed E-state index contributed by atoms with van der Waals surface area (Å²) in [5.41, 5.74) is 1.16. The number of nitrogens with one attached hydrogen (secondary N) is 1. The fraction of sp³-hybridized carbons (Fsp3) is 0.600. The van der Waals surface area contributed by atoms with Crippen LogP contribution in [-0.4, -0.2) is 26.3 Å². The zero-order valence-electron chi connectivity index (χ0n) is 11.4. The van der Waals surface area contributed by atoms with E-state index < -0.39 is 0 Å². The van der Waals surface area contributed by atoms with Gasteiger partial charge in [-0.25, -0.2) is 4.39 Å². The summed E-state index contributed by atoms with van der Waals surface area (Å²) in [5, 5.41) is 3.32. The lowest BCUT2D eigenvalue weighted by Crippen LogP contribution is -2.22. The molecule has 0 atom stereocenters. The molecule has 0 radical (unpaired) electrons. The summed E-state index contributed by atoms with van der Waals surface area (Å²) in [4.78, 5) is 0. The van der Waals surface area contributed by atoms with Gasteiger partial charge >= 0.3 is 0 Å². The number of benzene rings is 1. The first-order chi connectivity index (χ1) is 8.68. The van der Waals surface area contributed by atoms with E-state index in [0.717, 1.165) is 44.7 Å². The van der Waals surface area contributed by atoms with Crippen LogP contribution in [0.1, 0.15) is 25.8 Å². The molecule has 1 aromatic rings. The molecule has 0 saturated heterocycles. The van der Waals surface area contributed by atoms with Crippen LogP contribution < -0.4 is 5.32 Å². The van der Waals surface area contributed by atoms with Crippen molar-refractivity contribution in [1.29, 1.82) is 0 Å². The molecule has 3 heteroatoms. The molecule has 0 unspecified atom stereocenters. The van der Waals surface area contributed by atoms with E-state index in [0.29, 0.717) is 5.92 Å². The molecule has 1 N–H and O–H groups in total. The molecule has 1 rings (SSSR count). The maximum Gasteiger partial charge on any atom is 0.123 e. The van der Waals surface area contributed by atoms with E-state index in [-0.39, 0.29) is 5.82 Å². The van der Waals surface area contributed by atoms with Crippen LogP contribution in [-0.2, 0) is 11.2 Å². The van der Waals surface area contributed by atoms with Gasteiger partial charge in [-0.2, -0.15) is 0 Å². The highest BCUT2D eigenvalue weighted by Crippen LogP contribution is 2.02. The first-order valence-electron chi connectivity index (χ1n) is 6.71. The lowest BCUT2D eigenvalue weighted by atomic mass is 10.1. The van der Waals surface area contributed by atoms with Gasteiger partial charge in [-0.05, 0) is 43.0 Å². The van der Waals surface area contributed by atoms with Gasteiger partial charge in [-0.3, -0.25) is 0 Å². The van der Waals surface area contributed by atoms with Crippen LogP contribution in [0.2, 0.25) is 0 Å². The topological polar surface area (TPSA) is 21.3 Å². The molecule has 0 aliphatic heterocycles. The highest BCUT2D eigenvalue weighted by atomic mass is 19.1. The fourth-order valence-electron chi connectivity index (χ4n) is 1.57. The molecule has 0 aliphatic carbocycles. The van der Waals surface area contributed by atoms with Crippen molar-refractivity contribution < 1.29 is 9.13 Å². The third-order valence-corrected chi connectivity index (χ3v) is 2.77.